The molecule has 3 heteroatoms. The van der Waals surface area contributed by atoms with Crippen molar-refractivity contribution in [3.05, 3.63) is 0 Å². The van der Waals surface area contributed by atoms with Gasteiger partial charge in [0.1, 0.15) is 0 Å². The van der Waals surface area contributed by atoms with Crippen molar-refractivity contribution in [2.45, 2.75) is 83.4 Å². The molecule has 0 heterocycles. The van der Waals surface area contributed by atoms with Crippen LogP contribution in [0.4, 0.5) is 0 Å². The van der Waals surface area contributed by atoms with Crippen LogP contribution in [0.25, 0.3) is 0 Å². The van der Waals surface area contributed by atoms with E-state index in [0.717, 1.165) is 25.7 Å². The maximum atomic E-state index is 6.06. The second-order valence-electron chi connectivity index (χ2n) is 5.34. The van der Waals surface area contributed by atoms with Gasteiger partial charge in [0.15, 0.2) is 0 Å². The topological polar surface area (TPSA) is 27.7 Å². The highest BCUT2D eigenvalue weighted by Gasteiger charge is 2.35. The van der Waals surface area contributed by atoms with E-state index in [1.54, 1.807) is 0 Å². The van der Waals surface area contributed by atoms with Crippen LogP contribution in [-0.4, -0.2) is 24.8 Å². The predicted octanol–water partition coefficient (Wildman–Crippen LogP) is 3.62. The molecule has 0 amide bonds. The maximum absolute atomic E-state index is 6.06. The molecule has 0 bridgehead atoms. The Balaban J connectivity index is 1.86. The number of hydrogen-bond acceptors (Lipinski definition) is 3. The second kappa shape index (κ2) is 6.17. The van der Waals surface area contributed by atoms with E-state index < -0.39 is 5.97 Å². The SMILES string of the molecule is CCOC(C)(OC1CCCC1)OC1CCCC1. The molecule has 0 aromatic carbocycles. The lowest BCUT2D eigenvalue weighted by Crippen LogP contribution is -2.41. The van der Waals surface area contributed by atoms with E-state index in [1.165, 1.54) is 25.7 Å². The van der Waals surface area contributed by atoms with Gasteiger partial charge in [0.2, 0.25) is 0 Å². The first-order chi connectivity index (χ1) is 8.22. The van der Waals surface area contributed by atoms with Crippen molar-refractivity contribution in [2.75, 3.05) is 6.61 Å². The van der Waals surface area contributed by atoms with Gasteiger partial charge in [-0.15, -0.1) is 0 Å². The third kappa shape index (κ3) is 3.94. The Labute approximate surface area is 105 Å². The van der Waals surface area contributed by atoms with Crippen LogP contribution in [0.1, 0.15) is 65.2 Å². The van der Waals surface area contributed by atoms with Gasteiger partial charge in [-0.2, -0.15) is 0 Å². The quantitative estimate of drug-likeness (QED) is 0.666. The van der Waals surface area contributed by atoms with Gasteiger partial charge in [-0.05, 0) is 32.6 Å². The monoisotopic (exact) mass is 242 g/mol. The molecular formula is C14H26O3. The van der Waals surface area contributed by atoms with Crippen molar-refractivity contribution in [2.24, 2.45) is 0 Å². The van der Waals surface area contributed by atoms with Crippen LogP contribution in [0.5, 0.6) is 0 Å². The van der Waals surface area contributed by atoms with Crippen molar-refractivity contribution < 1.29 is 14.2 Å². The normalized spacial score (nSPS) is 23.6. The molecule has 3 nitrogen and oxygen atoms in total. The van der Waals surface area contributed by atoms with E-state index in [0.29, 0.717) is 18.8 Å². The minimum Gasteiger partial charge on any atom is -0.328 e. The molecule has 17 heavy (non-hydrogen) atoms. The summed E-state index contributed by atoms with van der Waals surface area (Å²) in [6.07, 6.45) is 10.3. The van der Waals surface area contributed by atoms with E-state index in [-0.39, 0.29) is 0 Å². The molecule has 2 aliphatic rings. The van der Waals surface area contributed by atoms with Gasteiger partial charge in [-0.1, -0.05) is 25.7 Å². The zero-order valence-electron chi connectivity index (χ0n) is 11.2. The molecular weight excluding hydrogens is 216 g/mol. The van der Waals surface area contributed by atoms with E-state index in [4.69, 9.17) is 14.2 Å². The van der Waals surface area contributed by atoms with Gasteiger partial charge in [0, 0.05) is 13.5 Å². The summed E-state index contributed by atoms with van der Waals surface area (Å²) in [6, 6.07) is 0. The first-order valence-electron chi connectivity index (χ1n) is 7.21. The fourth-order valence-corrected chi connectivity index (χ4v) is 2.98. The summed E-state index contributed by atoms with van der Waals surface area (Å²) < 4.78 is 17.8. The summed E-state index contributed by atoms with van der Waals surface area (Å²) in [4.78, 5) is 0. The van der Waals surface area contributed by atoms with Crippen LogP contribution >= 0.6 is 0 Å². The molecule has 2 fully saturated rings. The fourth-order valence-electron chi connectivity index (χ4n) is 2.98. The Morgan fingerprint density at radius 3 is 1.65 bits per heavy atom. The van der Waals surface area contributed by atoms with Gasteiger partial charge < -0.3 is 14.2 Å². The van der Waals surface area contributed by atoms with Gasteiger partial charge in [-0.3, -0.25) is 0 Å². The van der Waals surface area contributed by atoms with E-state index >= 15 is 0 Å². The molecule has 2 saturated carbocycles. The third-order valence-corrected chi connectivity index (χ3v) is 3.77. The molecule has 0 N–H and O–H groups in total. The highest BCUT2D eigenvalue weighted by Crippen LogP contribution is 2.31. The van der Waals surface area contributed by atoms with Gasteiger partial charge in [0.25, 0.3) is 5.97 Å². The van der Waals surface area contributed by atoms with Gasteiger partial charge in [0.05, 0.1) is 12.2 Å². The van der Waals surface area contributed by atoms with Crippen LogP contribution in [0.15, 0.2) is 0 Å². The summed E-state index contributed by atoms with van der Waals surface area (Å²) in [5, 5.41) is 0. The average Bonchev–Trinajstić information content (AvgIpc) is 2.91. The summed E-state index contributed by atoms with van der Waals surface area (Å²) in [6.45, 7) is 4.57. The standard InChI is InChI=1S/C14H26O3/c1-3-15-14(2,16-12-8-4-5-9-12)17-13-10-6-7-11-13/h12-13H,3-11H2,1-2H3. The largest absolute Gasteiger partial charge is 0.328 e. The van der Waals surface area contributed by atoms with Crippen molar-refractivity contribution in [3.63, 3.8) is 0 Å². The fraction of sp³-hybridized carbons (Fsp3) is 1.00. The van der Waals surface area contributed by atoms with Gasteiger partial charge >= 0.3 is 0 Å². The van der Waals surface area contributed by atoms with E-state index in [9.17, 15) is 0 Å². The molecule has 100 valence electrons. The molecule has 0 unspecified atom stereocenters. The second-order valence-corrected chi connectivity index (χ2v) is 5.34. The number of rotatable bonds is 6. The van der Waals surface area contributed by atoms with Crippen LogP contribution in [0.3, 0.4) is 0 Å². The molecule has 2 aliphatic carbocycles. The molecule has 0 aliphatic heterocycles. The van der Waals surface area contributed by atoms with Crippen molar-refractivity contribution in [1.29, 1.82) is 0 Å². The van der Waals surface area contributed by atoms with Crippen molar-refractivity contribution in [3.8, 4) is 0 Å². The smallest absolute Gasteiger partial charge is 0.280 e. The molecule has 0 radical (unpaired) electrons. The first kappa shape index (κ1) is 13.3. The highest BCUT2D eigenvalue weighted by molar-refractivity contribution is 4.72. The van der Waals surface area contributed by atoms with Crippen molar-refractivity contribution in [1.82, 2.24) is 0 Å². The van der Waals surface area contributed by atoms with Crippen LogP contribution < -0.4 is 0 Å². The van der Waals surface area contributed by atoms with Gasteiger partial charge in [-0.25, -0.2) is 0 Å². The Bertz CT molecular complexity index is 200. The zero-order valence-corrected chi connectivity index (χ0v) is 11.2. The number of hydrogen-bond donors (Lipinski definition) is 0. The third-order valence-electron chi connectivity index (χ3n) is 3.77. The molecule has 0 aromatic heterocycles. The minimum atomic E-state index is -0.821. The van der Waals surface area contributed by atoms with E-state index in [1.807, 2.05) is 13.8 Å². The Kier molecular flexibility index (Phi) is 4.83. The minimum absolute atomic E-state index is 0.327. The molecule has 2 rings (SSSR count). The lowest BCUT2D eigenvalue weighted by atomic mass is 10.3. The lowest BCUT2D eigenvalue weighted by Gasteiger charge is -2.34. The summed E-state index contributed by atoms with van der Waals surface area (Å²) in [5.74, 6) is -0.821. The highest BCUT2D eigenvalue weighted by atomic mass is 16.9. The zero-order chi connectivity index (χ0) is 12.1. The molecule has 0 spiro atoms. The summed E-state index contributed by atoms with van der Waals surface area (Å²) in [5.41, 5.74) is 0. The first-order valence-corrected chi connectivity index (χ1v) is 7.21. The lowest BCUT2D eigenvalue weighted by molar-refractivity contribution is -0.393. The maximum Gasteiger partial charge on any atom is 0.280 e. The van der Waals surface area contributed by atoms with Crippen molar-refractivity contribution >= 4 is 0 Å². The Morgan fingerprint density at radius 1 is 0.882 bits per heavy atom. The Morgan fingerprint density at radius 2 is 1.29 bits per heavy atom. The van der Waals surface area contributed by atoms with Crippen LogP contribution in [0.2, 0.25) is 0 Å². The average molecular weight is 242 g/mol. The van der Waals surface area contributed by atoms with Crippen LogP contribution in [0, 0.1) is 0 Å². The molecule has 0 atom stereocenters. The molecule has 0 aromatic rings. The van der Waals surface area contributed by atoms with E-state index in [2.05, 4.69) is 0 Å². The Hall–Kier alpha value is -0.120. The van der Waals surface area contributed by atoms with Crippen LogP contribution in [-0.2, 0) is 14.2 Å². The summed E-state index contributed by atoms with van der Waals surface area (Å²) in [7, 11) is 0. The predicted molar refractivity (Wildman–Crippen MR) is 66.7 cm³/mol. The summed E-state index contributed by atoms with van der Waals surface area (Å²) >= 11 is 0. The molecule has 0 saturated heterocycles. The number of ether oxygens (including phenoxy) is 3.